The number of unbranched alkanes of at least 4 members (excludes halogenated alkanes) is 1. The molecule has 1 aliphatic rings. The number of carbonyl (C=O) groups excluding carboxylic acids is 1. The maximum absolute atomic E-state index is 11.6. The van der Waals surface area contributed by atoms with Gasteiger partial charge in [-0.3, -0.25) is 9.79 Å². The van der Waals surface area contributed by atoms with Crippen LogP contribution in [0, 0.1) is 5.92 Å². The van der Waals surface area contributed by atoms with E-state index in [9.17, 15) is 4.79 Å². The van der Waals surface area contributed by atoms with Crippen molar-refractivity contribution >= 4 is 35.8 Å². The smallest absolute Gasteiger partial charge is 0.223 e. The topological polar surface area (TPSA) is 78.7 Å². The fourth-order valence-electron chi connectivity index (χ4n) is 2.14. The Morgan fingerprint density at radius 3 is 2.67 bits per heavy atom. The third-order valence-corrected chi connectivity index (χ3v) is 3.69. The highest BCUT2D eigenvalue weighted by Gasteiger charge is 2.28. The van der Waals surface area contributed by atoms with E-state index in [2.05, 4.69) is 27.9 Å². The Balaban J connectivity index is 0.00000288. The number of guanidine groups is 1. The van der Waals surface area contributed by atoms with Gasteiger partial charge in [-0.15, -0.1) is 24.0 Å². The van der Waals surface area contributed by atoms with Crippen LogP contribution in [-0.2, 0) is 11.2 Å². The Morgan fingerprint density at radius 2 is 2.00 bits per heavy atom. The van der Waals surface area contributed by atoms with E-state index in [1.165, 1.54) is 0 Å². The van der Waals surface area contributed by atoms with Crippen molar-refractivity contribution in [2.24, 2.45) is 10.9 Å². The molecular formula is C17H29IN4O2. The van der Waals surface area contributed by atoms with Gasteiger partial charge in [0.15, 0.2) is 5.96 Å². The summed E-state index contributed by atoms with van der Waals surface area (Å²) < 4.78 is 5.32. The lowest BCUT2D eigenvalue weighted by Gasteiger charge is -2.12. The molecule has 0 atom stereocenters. The van der Waals surface area contributed by atoms with Gasteiger partial charge in [-0.1, -0.05) is 13.3 Å². The summed E-state index contributed by atoms with van der Waals surface area (Å²) in [6.45, 7) is 5.03. The van der Waals surface area contributed by atoms with E-state index in [-0.39, 0.29) is 35.8 Å². The Kier molecular flexibility index (Phi) is 10.5. The van der Waals surface area contributed by atoms with Gasteiger partial charge >= 0.3 is 0 Å². The fraction of sp³-hybridized carbons (Fsp3) is 0.647. The normalized spacial score (nSPS) is 14.0. The zero-order valence-corrected chi connectivity index (χ0v) is 16.7. The van der Waals surface area contributed by atoms with Crippen molar-refractivity contribution in [2.75, 3.05) is 26.2 Å². The molecule has 0 unspecified atom stereocenters. The Labute approximate surface area is 161 Å². The van der Waals surface area contributed by atoms with Crippen LogP contribution in [-0.4, -0.2) is 38.0 Å². The number of nitrogens with one attached hydrogen (secondary N) is 3. The zero-order valence-electron chi connectivity index (χ0n) is 14.3. The molecule has 1 aromatic rings. The van der Waals surface area contributed by atoms with Crippen LogP contribution in [0.15, 0.2) is 27.8 Å². The van der Waals surface area contributed by atoms with Gasteiger partial charge < -0.3 is 20.4 Å². The predicted octanol–water partition coefficient (Wildman–Crippen LogP) is 2.30. The summed E-state index contributed by atoms with van der Waals surface area (Å²) in [5, 5.41) is 9.52. The molecule has 1 heterocycles. The minimum atomic E-state index is 0. The number of nitrogens with zero attached hydrogens (tertiary/aromatic N) is 1. The van der Waals surface area contributed by atoms with E-state index in [1.807, 2.05) is 12.1 Å². The third kappa shape index (κ3) is 8.56. The fourth-order valence-corrected chi connectivity index (χ4v) is 2.14. The van der Waals surface area contributed by atoms with E-state index < -0.39 is 0 Å². The number of hydrogen-bond acceptors (Lipinski definition) is 3. The third-order valence-electron chi connectivity index (χ3n) is 3.69. The van der Waals surface area contributed by atoms with Crippen molar-refractivity contribution in [3.05, 3.63) is 24.2 Å². The molecule has 24 heavy (non-hydrogen) atoms. The lowest BCUT2D eigenvalue weighted by atomic mass is 10.3. The molecule has 1 aromatic heterocycles. The lowest BCUT2D eigenvalue weighted by Crippen LogP contribution is -2.42. The summed E-state index contributed by atoms with van der Waals surface area (Å²) in [6.07, 6.45) is 6.78. The maximum atomic E-state index is 11.6. The second-order valence-electron chi connectivity index (χ2n) is 5.83. The first-order valence-electron chi connectivity index (χ1n) is 8.62. The first kappa shape index (κ1) is 20.8. The van der Waals surface area contributed by atoms with E-state index in [0.717, 1.165) is 56.9 Å². The van der Waals surface area contributed by atoms with Crippen LogP contribution in [0.1, 0.15) is 38.4 Å². The van der Waals surface area contributed by atoms with Gasteiger partial charge in [0.05, 0.1) is 6.26 Å². The summed E-state index contributed by atoms with van der Waals surface area (Å²) in [4.78, 5) is 16.1. The van der Waals surface area contributed by atoms with Crippen molar-refractivity contribution in [2.45, 2.75) is 39.0 Å². The summed E-state index contributed by atoms with van der Waals surface area (Å²) in [6, 6.07) is 3.86. The zero-order chi connectivity index (χ0) is 16.3. The Hall–Kier alpha value is -1.25. The second-order valence-corrected chi connectivity index (χ2v) is 5.83. The molecule has 1 amide bonds. The quantitative estimate of drug-likeness (QED) is 0.222. The molecule has 3 N–H and O–H groups in total. The van der Waals surface area contributed by atoms with E-state index >= 15 is 0 Å². The van der Waals surface area contributed by atoms with Crippen molar-refractivity contribution in [1.29, 1.82) is 0 Å². The lowest BCUT2D eigenvalue weighted by molar-refractivity contribution is -0.122. The molecule has 6 nitrogen and oxygen atoms in total. The largest absolute Gasteiger partial charge is 0.469 e. The van der Waals surface area contributed by atoms with E-state index in [4.69, 9.17) is 4.42 Å². The summed E-state index contributed by atoms with van der Waals surface area (Å²) in [5.74, 6) is 2.20. The number of amides is 1. The summed E-state index contributed by atoms with van der Waals surface area (Å²) in [7, 11) is 0. The number of aliphatic imine (C=N–C) groups is 1. The van der Waals surface area contributed by atoms with Crippen LogP contribution in [0.5, 0.6) is 0 Å². The number of rotatable bonds is 10. The number of carbonyl (C=O) groups is 1. The Bertz CT molecular complexity index is 487. The van der Waals surface area contributed by atoms with Crippen LogP contribution < -0.4 is 16.0 Å². The van der Waals surface area contributed by atoms with Gasteiger partial charge in [0, 0.05) is 38.5 Å². The van der Waals surface area contributed by atoms with Crippen LogP contribution in [0.25, 0.3) is 0 Å². The monoisotopic (exact) mass is 448 g/mol. The van der Waals surface area contributed by atoms with Crippen molar-refractivity contribution in [1.82, 2.24) is 16.0 Å². The van der Waals surface area contributed by atoms with Gasteiger partial charge in [-0.2, -0.15) is 0 Å². The number of halogens is 1. The van der Waals surface area contributed by atoms with Gasteiger partial charge in [0.1, 0.15) is 5.76 Å². The highest BCUT2D eigenvalue weighted by Crippen LogP contribution is 2.28. The molecule has 136 valence electrons. The van der Waals surface area contributed by atoms with Gasteiger partial charge in [0.25, 0.3) is 0 Å². The minimum Gasteiger partial charge on any atom is -0.469 e. The summed E-state index contributed by atoms with van der Waals surface area (Å²) in [5.41, 5.74) is 0. The van der Waals surface area contributed by atoms with E-state index in [1.54, 1.807) is 6.26 Å². The molecule has 0 bridgehead atoms. The van der Waals surface area contributed by atoms with Crippen LogP contribution in [0.4, 0.5) is 0 Å². The summed E-state index contributed by atoms with van der Waals surface area (Å²) >= 11 is 0. The average molecular weight is 448 g/mol. The SMILES string of the molecule is CCCCN=C(NCCNC(=O)C1CC1)NCCc1ccco1.I. The first-order valence-corrected chi connectivity index (χ1v) is 8.62. The molecule has 1 aliphatic carbocycles. The van der Waals surface area contributed by atoms with Crippen LogP contribution >= 0.6 is 24.0 Å². The second kappa shape index (κ2) is 12.2. The van der Waals surface area contributed by atoms with Gasteiger partial charge in [0.2, 0.25) is 5.91 Å². The minimum absolute atomic E-state index is 0. The maximum Gasteiger partial charge on any atom is 0.223 e. The standard InChI is InChI=1S/C17H28N4O2.HI/c1-2-3-9-19-17(20-10-8-15-5-4-13-23-15)21-12-11-18-16(22)14-6-7-14;/h4-5,13-14H,2-3,6-12H2,1H3,(H,18,22)(H2,19,20,21);1H. The number of furan rings is 1. The molecule has 0 aliphatic heterocycles. The molecule has 7 heteroatoms. The molecule has 1 saturated carbocycles. The van der Waals surface area contributed by atoms with Crippen LogP contribution in [0.2, 0.25) is 0 Å². The predicted molar refractivity (Wildman–Crippen MR) is 107 cm³/mol. The van der Waals surface area contributed by atoms with Crippen LogP contribution in [0.3, 0.4) is 0 Å². The average Bonchev–Trinajstić information content (AvgIpc) is 3.28. The van der Waals surface area contributed by atoms with Gasteiger partial charge in [-0.25, -0.2) is 0 Å². The number of hydrogen-bond donors (Lipinski definition) is 3. The molecular weight excluding hydrogens is 419 g/mol. The first-order chi connectivity index (χ1) is 11.3. The highest BCUT2D eigenvalue weighted by atomic mass is 127. The molecule has 1 fully saturated rings. The van der Waals surface area contributed by atoms with Crippen molar-refractivity contribution in [3.63, 3.8) is 0 Å². The molecule has 2 rings (SSSR count). The molecule has 0 spiro atoms. The Morgan fingerprint density at radius 1 is 1.25 bits per heavy atom. The van der Waals surface area contributed by atoms with E-state index in [0.29, 0.717) is 13.1 Å². The van der Waals surface area contributed by atoms with Crippen molar-refractivity contribution < 1.29 is 9.21 Å². The van der Waals surface area contributed by atoms with Crippen molar-refractivity contribution in [3.8, 4) is 0 Å². The molecule has 0 radical (unpaired) electrons. The highest BCUT2D eigenvalue weighted by molar-refractivity contribution is 14.0. The molecule has 0 aromatic carbocycles. The van der Waals surface area contributed by atoms with Gasteiger partial charge in [-0.05, 0) is 31.4 Å². The molecule has 0 saturated heterocycles.